The zero-order valence-electron chi connectivity index (χ0n) is 12.2. The first-order valence-corrected chi connectivity index (χ1v) is 8.44. The molecule has 120 valence electrons. The zero-order valence-corrected chi connectivity index (χ0v) is 13.0. The number of benzene rings is 1. The summed E-state index contributed by atoms with van der Waals surface area (Å²) in [4.78, 5) is 28.4. The van der Waals surface area contributed by atoms with Gasteiger partial charge in [0, 0.05) is 0 Å². The van der Waals surface area contributed by atoms with Crippen molar-refractivity contribution in [1.82, 2.24) is 4.98 Å². The molecule has 1 aromatic heterocycles. The van der Waals surface area contributed by atoms with E-state index < -0.39 is 17.8 Å². The second kappa shape index (κ2) is 5.26. The highest BCUT2D eigenvalue weighted by molar-refractivity contribution is 7.22. The molecule has 2 aliphatic carbocycles. The van der Waals surface area contributed by atoms with Gasteiger partial charge in [-0.2, -0.15) is 0 Å². The molecule has 4 unspecified atom stereocenters. The molecule has 2 fully saturated rings. The Bertz CT molecular complexity index is 806. The van der Waals surface area contributed by atoms with Crippen LogP contribution in [0.1, 0.15) is 19.3 Å². The smallest absolute Gasteiger partial charge is 0.307 e. The Labute approximate surface area is 135 Å². The number of nitrogens with one attached hydrogen (secondary N) is 1. The summed E-state index contributed by atoms with van der Waals surface area (Å²) in [5.74, 6) is -2.34. The first-order valence-electron chi connectivity index (χ1n) is 7.62. The van der Waals surface area contributed by atoms with Gasteiger partial charge in [0.2, 0.25) is 5.91 Å². The summed E-state index contributed by atoms with van der Waals surface area (Å²) in [5.41, 5.74) is 0.620. The molecule has 1 aromatic carbocycles. The van der Waals surface area contributed by atoms with E-state index in [0.717, 1.165) is 19.3 Å². The summed E-state index contributed by atoms with van der Waals surface area (Å²) in [6, 6.07) is 4.26. The van der Waals surface area contributed by atoms with Crippen molar-refractivity contribution >= 4 is 38.6 Å². The van der Waals surface area contributed by atoms with Gasteiger partial charge in [-0.15, -0.1) is 0 Å². The Kier molecular flexibility index (Phi) is 3.33. The first-order chi connectivity index (χ1) is 11.0. The van der Waals surface area contributed by atoms with Gasteiger partial charge in [0.25, 0.3) is 0 Å². The van der Waals surface area contributed by atoms with Gasteiger partial charge in [-0.3, -0.25) is 9.59 Å². The summed E-state index contributed by atoms with van der Waals surface area (Å²) in [6.07, 6.45) is 2.63. The molecule has 2 aliphatic rings. The van der Waals surface area contributed by atoms with Gasteiger partial charge < -0.3 is 10.4 Å². The molecule has 4 rings (SSSR count). The van der Waals surface area contributed by atoms with Crippen molar-refractivity contribution in [2.24, 2.45) is 23.7 Å². The Hall–Kier alpha value is -2.02. The summed E-state index contributed by atoms with van der Waals surface area (Å²) in [7, 11) is 0. The number of fused-ring (bicyclic) bond motifs is 3. The Morgan fingerprint density at radius 2 is 2.00 bits per heavy atom. The van der Waals surface area contributed by atoms with E-state index in [0.29, 0.717) is 15.3 Å². The minimum atomic E-state index is -0.885. The molecule has 4 atom stereocenters. The third-order valence-corrected chi connectivity index (χ3v) is 6.02. The maximum absolute atomic E-state index is 13.2. The van der Waals surface area contributed by atoms with E-state index in [4.69, 9.17) is 0 Å². The first kappa shape index (κ1) is 14.6. The average molecular weight is 334 g/mol. The normalized spacial score (nSPS) is 29.1. The number of amides is 1. The molecule has 1 amide bonds. The molecular weight excluding hydrogens is 319 g/mol. The maximum Gasteiger partial charge on any atom is 0.307 e. The number of hydrogen-bond donors (Lipinski definition) is 2. The van der Waals surface area contributed by atoms with Gasteiger partial charge in [-0.25, -0.2) is 9.37 Å². The number of aliphatic carboxylic acids is 1. The number of carboxylic acids is 1. The van der Waals surface area contributed by atoms with Crippen LogP contribution in [-0.4, -0.2) is 22.0 Å². The van der Waals surface area contributed by atoms with E-state index in [-0.39, 0.29) is 23.6 Å². The van der Waals surface area contributed by atoms with Crippen LogP contribution in [0.15, 0.2) is 18.2 Å². The lowest BCUT2D eigenvalue weighted by molar-refractivity contribution is -0.148. The summed E-state index contributed by atoms with van der Waals surface area (Å²) in [6.45, 7) is 0. The van der Waals surface area contributed by atoms with E-state index in [1.807, 2.05) is 0 Å². The third kappa shape index (κ3) is 2.39. The van der Waals surface area contributed by atoms with Crippen LogP contribution < -0.4 is 5.32 Å². The number of carboxylic acid groups (broad SMARTS) is 1. The molecule has 2 aromatic rings. The van der Waals surface area contributed by atoms with Crippen molar-refractivity contribution in [3.05, 3.63) is 24.0 Å². The van der Waals surface area contributed by atoms with Gasteiger partial charge in [0.15, 0.2) is 5.13 Å². The predicted octanol–water partition coefficient (Wildman–Crippen LogP) is 3.12. The molecular formula is C16H15FN2O3S. The van der Waals surface area contributed by atoms with Crippen LogP contribution in [0.4, 0.5) is 9.52 Å². The van der Waals surface area contributed by atoms with Crippen molar-refractivity contribution in [3.8, 4) is 0 Å². The lowest BCUT2D eigenvalue weighted by Crippen LogP contribution is -2.37. The molecule has 7 heteroatoms. The fourth-order valence-electron chi connectivity index (χ4n) is 4.16. The van der Waals surface area contributed by atoms with Crippen LogP contribution in [0.3, 0.4) is 0 Å². The fraction of sp³-hybridized carbons (Fsp3) is 0.438. The van der Waals surface area contributed by atoms with E-state index in [1.165, 1.54) is 23.5 Å². The van der Waals surface area contributed by atoms with Crippen molar-refractivity contribution in [1.29, 1.82) is 0 Å². The van der Waals surface area contributed by atoms with E-state index in [9.17, 15) is 19.1 Å². The zero-order chi connectivity index (χ0) is 16.1. The monoisotopic (exact) mass is 334 g/mol. The van der Waals surface area contributed by atoms with Crippen LogP contribution >= 0.6 is 11.3 Å². The van der Waals surface area contributed by atoms with Crippen LogP contribution in [0.25, 0.3) is 10.2 Å². The summed E-state index contributed by atoms with van der Waals surface area (Å²) in [5, 5.41) is 12.6. The second-order valence-corrected chi connectivity index (χ2v) is 7.37. The molecule has 2 bridgehead atoms. The standard InChI is InChI=1S/C16H15FN2O3S/c17-9-3-4-10-11(6-9)23-16(18-10)19-14(20)12-7-1-2-8(5-7)13(12)15(21)22/h3-4,6-8,12-13H,1-2,5H2,(H,21,22)(H,18,19,20). The number of thiazole rings is 1. The highest BCUT2D eigenvalue weighted by Gasteiger charge is 2.54. The van der Waals surface area contributed by atoms with Crippen molar-refractivity contribution in [2.75, 3.05) is 5.32 Å². The Balaban J connectivity index is 1.57. The number of rotatable bonds is 3. The molecule has 0 saturated heterocycles. The third-order valence-electron chi connectivity index (χ3n) is 5.08. The number of carbonyl (C=O) groups excluding carboxylic acids is 1. The molecule has 0 radical (unpaired) electrons. The molecule has 0 aliphatic heterocycles. The quantitative estimate of drug-likeness (QED) is 0.904. The van der Waals surface area contributed by atoms with Gasteiger partial charge in [0.1, 0.15) is 5.82 Å². The summed E-state index contributed by atoms with van der Waals surface area (Å²) >= 11 is 1.20. The Morgan fingerprint density at radius 3 is 2.74 bits per heavy atom. The SMILES string of the molecule is O=C(O)C1C2CCC(C2)C1C(=O)Nc1nc2ccc(F)cc2s1. The van der Waals surface area contributed by atoms with Crippen molar-refractivity contribution < 1.29 is 19.1 Å². The lowest BCUT2D eigenvalue weighted by atomic mass is 9.79. The minimum Gasteiger partial charge on any atom is -0.481 e. The molecule has 2 N–H and O–H groups in total. The molecule has 0 spiro atoms. The number of carbonyl (C=O) groups is 2. The Morgan fingerprint density at radius 1 is 1.26 bits per heavy atom. The number of hydrogen-bond acceptors (Lipinski definition) is 4. The topological polar surface area (TPSA) is 79.3 Å². The van der Waals surface area contributed by atoms with E-state index in [1.54, 1.807) is 6.07 Å². The van der Waals surface area contributed by atoms with E-state index in [2.05, 4.69) is 10.3 Å². The molecule has 2 saturated carbocycles. The highest BCUT2D eigenvalue weighted by atomic mass is 32.1. The second-order valence-electron chi connectivity index (χ2n) is 6.34. The van der Waals surface area contributed by atoms with Crippen molar-refractivity contribution in [3.63, 3.8) is 0 Å². The predicted molar refractivity (Wildman–Crippen MR) is 83.7 cm³/mol. The maximum atomic E-state index is 13.2. The van der Waals surface area contributed by atoms with Gasteiger partial charge in [-0.05, 0) is 49.3 Å². The highest BCUT2D eigenvalue weighted by Crippen LogP contribution is 2.52. The fourth-order valence-corrected chi connectivity index (χ4v) is 5.06. The number of aromatic nitrogens is 1. The molecule has 5 nitrogen and oxygen atoms in total. The number of nitrogens with zero attached hydrogens (tertiary/aromatic N) is 1. The van der Waals surface area contributed by atoms with Crippen molar-refractivity contribution in [2.45, 2.75) is 19.3 Å². The van der Waals surface area contributed by atoms with Crippen LogP contribution in [0, 0.1) is 29.5 Å². The van der Waals surface area contributed by atoms with Gasteiger partial charge >= 0.3 is 5.97 Å². The van der Waals surface area contributed by atoms with Crippen LogP contribution in [-0.2, 0) is 9.59 Å². The largest absolute Gasteiger partial charge is 0.481 e. The number of halogens is 1. The summed E-state index contributed by atoms with van der Waals surface area (Å²) < 4.78 is 13.9. The van der Waals surface area contributed by atoms with E-state index >= 15 is 0 Å². The van der Waals surface area contributed by atoms with Crippen LogP contribution in [0.2, 0.25) is 0 Å². The van der Waals surface area contributed by atoms with Gasteiger partial charge in [-0.1, -0.05) is 11.3 Å². The lowest BCUT2D eigenvalue weighted by Gasteiger charge is -2.26. The average Bonchev–Trinajstić information content (AvgIpc) is 3.18. The molecule has 1 heterocycles. The van der Waals surface area contributed by atoms with Gasteiger partial charge in [0.05, 0.1) is 22.1 Å². The van der Waals surface area contributed by atoms with Crippen LogP contribution in [0.5, 0.6) is 0 Å². The minimum absolute atomic E-state index is 0.109. The molecule has 23 heavy (non-hydrogen) atoms. The number of anilines is 1.